The highest BCUT2D eigenvalue weighted by molar-refractivity contribution is 7.88. The van der Waals surface area contributed by atoms with Crippen LogP contribution in [0.5, 0.6) is 0 Å². The van der Waals surface area contributed by atoms with Gasteiger partial charge in [0.2, 0.25) is 16.0 Å². The zero-order valence-electron chi connectivity index (χ0n) is 18.9. The Labute approximate surface area is 204 Å². The summed E-state index contributed by atoms with van der Waals surface area (Å²) in [6.07, 6.45) is 1.08. The van der Waals surface area contributed by atoms with Crippen LogP contribution in [-0.4, -0.2) is 63.9 Å². The first-order chi connectivity index (χ1) is 17.0. The van der Waals surface area contributed by atoms with Gasteiger partial charge in [0.05, 0.1) is 17.5 Å². The van der Waals surface area contributed by atoms with Gasteiger partial charge in [-0.25, -0.2) is 27.7 Å². The third kappa shape index (κ3) is 5.37. The number of benzene rings is 1. The van der Waals surface area contributed by atoms with Crippen molar-refractivity contribution < 1.29 is 26.4 Å². The first kappa shape index (κ1) is 25.3. The molecule has 1 aliphatic heterocycles. The lowest BCUT2D eigenvalue weighted by Gasteiger charge is -2.30. The molecule has 0 bridgehead atoms. The van der Waals surface area contributed by atoms with E-state index in [0.29, 0.717) is 31.0 Å². The summed E-state index contributed by atoms with van der Waals surface area (Å²) in [6.45, 7) is 0.553. The first-order valence-electron chi connectivity index (χ1n) is 10.7. The molecule has 3 heterocycles. The molecule has 0 radical (unpaired) electrons. The monoisotopic (exact) mass is 519 g/mol. The van der Waals surface area contributed by atoms with Crippen LogP contribution in [0.4, 0.5) is 19.1 Å². The predicted molar refractivity (Wildman–Crippen MR) is 123 cm³/mol. The van der Waals surface area contributed by atoms with Crippen molar-refractivity contribution >= 4 is 22.3 Å². The minimum Gasteiger partial charge on any atom is -0.351 e. The molecular weight excluding hydrogens is 499 g/mol. The molecule has 36 heavy (non-hydrogen) atoms. The van der Waals surface area contributed by atoms with E-state index < -0.39 is 27.5 Å². The number of hydrogen-bond donors (Lipinski definition) is 1. The molecule has 1 aromatic carbocycles. The van der Waals surface area contributed by atoms with Crippen LogP contribution < -0.4 is 5.32 Å². The summed E-state index contributed by atoms with van der Waals surface area (Å²) >= 11 is 0. The number of aromatic nitrogens is 4. The average Bonchev–Trinajstić information content (AvgIpc) is 3.32. The molecule has 1 N–H and O–H groups in total. The number of alkyl halides is 3. The van der Waals surface area contributed by atoms with Gasteiger partial charge in [-0.05, 0) is 31.0 Å². The van der Waals surface area contributed by atoms with E-state index in [1.54, 1.807) is 0 Å². The van der Waals surface area contributed by atoms with Gasteiger partial charge in [0.25, 0.3) is 0 Å². The summed E-state index contributed by atoms with van der Waals surface area (Å²) in [5, 5.41) is 12.4. The third-order valence-electron chi connectivity index (χ3n) is 5.73. The SMILES string of the molecule is CS(=O)(=O)N1CCC(Nc2ncc(C(F)(F)F)c(-c3cn(-c4ccc(C=O)cc4C#N)cn3)n2)CC1. The highest BCUT2D eigenvalue weighted by Crippen LogP contribution is 2.36. The van der Waals surface area contributed by atoms with Crippen molar-refractivity contribution in [2.75, 3.05) is 24.7 Å². The molecule has 1 saturated heterocycles. The fourth-order valence-corrected chi connectivity index (χ4v) is 4.76. The van der Waals surface area contributed by atoms with Gasteiger partial charge in [-0.3, -0.25) is 4.79 Å². The Balaban J connectivity index is 1.64. The summed E-state index contributed by atoms with van der Waals surface area (Å²) in [5.74, 6) is -0.0431. The van der Waals surface area contributed by atoms with Crippen LogP contribution in [0, 0.1) is 11.3 Å². The van der Waals surface area contributed by atoms with Crippen molar-refractivity contribution in [3.8, 4) is 23.1 Å². The average molecular weight is 520 g/mol. The number of imidazole rings is 1. The Morgan fingerprint density at radius 3 is 2.56 bits per heavy atom. The normalized spacial score (nSPS) is 15.4. The smallest absolute Gasteiger partial charge is 0.351 e. The molecule has 14 heteroatoms. The number of piperidine rings is 1. The van der Waals surface area contributed by atoms with Gasteiger partial charge in [0.1, 0.15) is 35.6 Å². The number of hydrogen-bond acceptors (Lipinski definition) is 8. The number of nitriles is 1. The molecule has 0 unspecified atom stereocenters. The van der Waals surface area contributed by atoms with E-state index in [1.807, 2.05) is 6.07 Å². The Kier molecular flexibility index (Phi) is 6.79. The van der Waals surface area contributed by atoms with Crippen molar-refractivity contribution in [3.63, 3.8) is 0 Å². The van der Waals surface area contributed by atoms with Crippen LogP contribution in [0.25, 0.3) is 17.1 Å². The minimum absolute atomic E-state index is 0.0431. The Hall–Kier alpha value is -3.83. The number of anilines is 1. The van der Waals surface area contributed by atoms with Crippen LogP contribution in [0.1, 0.15) is 34.3 Å². The number of carbonyl (C=O) groups excluding carboxylic acids is 1. The van der Waals surface area contributed by atoms with Crippen LogP contribution in [-0.2, 0) is 16.2 Å². The van der Waals surface area contributed by atoms with Crippen molar-refractivity contribution in [1.29, 1.82) is 5.26 Å². The van der Waals surface area contributed by atoms with E-state index in [-0.39, 0.29) is 41.9 Å². The number of nitrogens with zero attached hydrogens (tertiary/aromatic N) is 6. The van der Waals surface area contributed by atoms with E-state index in [2.05, 4.69) is 20.3 Å². The van der Waals surface area contributed by atoms with E-state index in [9.17, 15) is 31.6 Å². The standard InChI is InChI=1S/C22H20F3N7O3S/c1-36(34,35)32-6-4-16(5-7-32)29-21-27-10-17(22(23,24)25)20(30-21)18-11-31(13-28-18)19-3-2-14(12-33)8-15(19)9-26/h2-3,8,10-13,16H,4-7H2,1H3,(H,27,29,30). The summed E-state index contributed by atoms with van der Waals surface area (Å²) in [5.41, 5.74) is -0.866. The zero-order valence-corrected chi connectivity index (χ0v) is 19.7. The number of sulfonamides is 1. The van der Waals surface area contributed by atoms with Crippen molar-refractivity contribution in [3.05, 3.63) is 53.6 Å². The summed E-state index contributed by atoms with van der Waals surface area (Å²) in [6, 6.07) is 6.07. The van der Waals surface area contributed by atoms with Crippen LogP contribution >= 0.6 is 0 Å². The van der Waals surface area contributed by atoms with Gasteiger partial charge in [-0.1, -0.05) is 0 Å². The summed E-state index contributed by atoms with van der Waals surface area (Å²) in [4.78, 5) is 23.0. The molecule has 3 aromatic rings. The number of halogens is 3. The predicted octanol–water partition coefficient (Wildman–Crippen LogP) is 2.87. The van der Waals surface area contributed by atoms with E-state index in [4.69, 9.17) is 0 Å². The molecule has 4 rings (SSSR count). The Morgan fingerprint density at radius 2 is 1.94 bits per heavy atom. The van der Waals surface area contributed by atoms with Gasteiger partial charge in [-0.15, -0.1) is 0 Å². The molecule has 2 aromatic heterocycles. The highest BCUT2D eigenvalue weighted by Gasteiger charge is 2.36. The minimum atomic E-state index is -4.75. The quantitative estimate of drug-likeness (QED) is 0.492. The highest BCUT2D eigenvalue weighted by atomic mass is 32.2. The second kappa shape index (κ2) is 9.67. The molecule has 0 spiro atoms. The Morgan fingerprint density at radius 1 is 1.22 bits per heavy atom. The van der Waals surface area contributed by atoms with Crippen molar-refractivity contribution in [1.82, 2.24) is 23.8 Å². The largest absolute Gasteiger partial charge is 0.420 e. The molecular formula is C22H20F3N7O3S. The molecule has 10 nitrogen and oxygen atoms in total. The van der Waals surface area contributed by atoms with Gasteiger partial charge < -0.3 is 9.88 Å². The lowest BCUT2D eigenvalue weighted by atomic mass is 10.1. The number of carbonyl (C=O) groups is 1. The zero-order chi connectivity index (χ0) is 26.1. The van der Waals surface area contributed by atoms with Crippen LogP contribution in [0.3, 0.4) is 0 Å². The van der Waals surface area contributed by atoms with Gasteiger partial charge >= 0.3 is 6.18 Å². The maximum absolute atomic E-state index is 13.7. The maximum atomic E-state index is 13.7. The first-order valence-corrected chi connectivity index (χ1v) is 12.5. The fraction of sp³-hybridized carbons (Fsp3) is 0.318. The topological polar surface area (TPSA) is 134 Å². The van der Waals surface area contributed by atoms with Gasteiger partial charge in [-0.2, -0.15) is 18.4 Å². The lowest BCUT2D eigenvalue weighted by molar-refractivity contribution is -0.137. The van der Waals surface area contributed by atoms with Crippen LogP contribution in [0.15, 0.2) is 36.9 Å². The number of aldehydes is 1. The summed E-state index contributed by atoms with van der Waals surface area (Å²) in [7, 11) is -3.32. The molecule has 0 amide bonds. The van der Waals surface area contributed by atoms with Gasteiger partial charge in [0, 0.05) is 37.1 Å². The number of nitrogens with one attached hydrogen (secondary N) is 1. The second-order valence-corrected chi connectivity index (χ2v) is 10.2. The third-order valence-corrected chi connectivity index (χ3v) is 7.03. The fourth-order valence-electron chi connectivity index (χ4n) is 3.89. The molecule has 0 saturated carbocycles. The van der Waals surface area contributed by atoms with E-state index in [0.717, 1.165) is 6.26 Å². The molecule has 188 valence electrons. The van der Waals surface area contributed by atoms with Crippen molar-refractivity contribution in [2.24, 2.45) is 0 Å². The van der Waals surface area contributed by atoms with Gasteiger partial charge in [0.15, 0.2) is 0 Å². The van der Waals surface area contributed by atoms with Crippen LogP contribution in [0.2, 0.25) is 0 Å². The molecule has 0 aliphatic carbocycles. The summed E-state index contributed by atoms with van der Waals surface area (Å²) < 4.78 is 67.3. The molecule has 1 fully saturated rings. The molecule has 0 atom stereocenters. The number of rotatable bonds is 6. The second-order valence-electron chi connectivity index (χ2n) is 8.21. The Bertz CT molecular complexity index is 1440. The van der Waals surface area contributed by atoms with Crippen molar-refractivity contribution in [2.45, 2.75) is 25.1 Å². The lowest BCUT2D eigenvalue weighted by Crippen LogP contribution is -2.42. The maximum Gasteiger partial charge on any atom is 0.420 e. The molecule has 1 aliphatic rings. The van der Waals surface area contributed by atoms with E-state index >= 15 is 0 Å². The van der Waals surface area contributed by atoms with E-state index in [1.165, 1.54) is 39.6 Å².